The first kappa shape index (κ1) is 19.5. The highest BCUT2D eigenvalue weighted by Crippen LogP contribution is 2.18. The molecule has 23 heavy (non-hydrogen) atoms. The molecule has 7 nitrogen and oxygen atoms in total. The number of nitrogens with one attached hydrogen (secondary N) is 1. The highest BCUT2D eigenvalue weighted by Gasteiger charge is 2.17. The number of esters is 1. The summed E-state index contributed by atoms with van der Waals surface area (Å²) in [6.07, 6.45) is 0.241. The Balaban J connectivity index is 2.58. The number of methoxy groups -OCH3 is 1. The number of hydrogen-bond donors (Lipinski definition) is 1. The number of benzene rings is 1. The predicted molar refractivity (Wildman–Crippen MR) is 89.9 cm³/mol. The van der Waals surface area contributed by atoms with Crippen molar-refractivity contribution in [1.29, 1.82) is 0 Å². The first-order valence-electron chi connectivity index (χ1n) is 6.74. The lowest BCUT2D eigenvalue weighted by molar-refractivity contribution is -0.140. The summed E-state index contributed by atoms with van der Waals surface area (Å²) in [7, 11) is 0.657. The molecule has 1 aromatic rings. The van der Waals surface area contributed by atoms with E-state index in [2.05, 4.69) is 10.1 Å². The number of amides is 1. The van der Waals surface area contributed by atoms with Gasteiger partial charge in [-0.05, 0) is 18.2 Å². The molecule has 0 atom stereocenters. The van der Waals surface area contributed by atoms with Crippen molar-refractivity contribution in [2.24, 2.45) is 0 Å². The van der Waals surface area contributed by atoms with Crippen LogP contribution in [0, 0.1) is 0 Å². The number of carbonyl (C=O) groups excluding carboxylic acids is 2. The zero-order valence-electron chi connectivity index (χ0n) is 13.2. The maximum Gasteiger partial charge on any atom is 0.306 e. The van der Waals surface area contributed by atoms with Crippen LogP contribution in [0.2, 0.25) is 0 Å². The van der Waals surface area contributed by atoms with Crippen LogP contribution < -0.4 is 5.32 Å². The van der Waals surface area contributed by atoms with E-state index < -0.39 is 10.0 Å². The van der Waals surface area contributed by atoms with Crippen molar-refractivity contribution in [3.05, 3.63) is 24.3 Å². The van der Waals surface area contributed by atoms with E-state index in [1.54, 1.807) is 12.1 Å². The number of ether oxygens (including phenoxy) is 1. The zero-order valence-corrected chi connectivity index (χ0v) is 14.9. The minimum Gasteiger partial charge on any atom is -0.469 e. The second kappa shape index (κ2) is 8.90. The third kappa shape index (κ3) is 6.20. The lowest BCUT2D eigenvalue weighted by Crippen LogP contribution is -2.22. The van der Waals surface area contributed by atoms with E-state index in [1.165, 1.54) is 45.1 Å². The Morgan fingerprint density at radius 1 is 1.30 bits per heavy atom. The summed E-state index contributed by atoms with van der Waals surface area (Å²) in [6, 6.07) is 6.06. The van der Waals surface area contributed by atoms with Gasteiger partial charge in [-0.2, -0.15) is 11.8 Å². The molecule has 0 radical (unpaired) electrons. The van der Waals surface area contributed by atoms with E-state index in [-0.39, 0.29) is 28.9 Å². The van der Waals surface area contributed by atoms with Crippen molar-refractivity contribution in [1.82, 2.24) is 4.31 Å². The second-order valence-corrected chi connectivity index (χ2v) is 8.00. The quantitative estimate of drug-likeness (QED) is 0.553. The third-order valence-electron chi connectivity index (χ3n) is 2.81. The van der Waals surface area contributed by atoms with Gasteiger partial charge in [0, 0.05) is 25.5 Å². The van der Waals surface area contributed by atoms with Crippen molar-refractivity contribution in [3.8, 4) is 0 Å². The smallest absolute Gasteiger partial charge is 0.306 e. The van der Waals surface area contributed by atoms with E-state index in [9.17, 15) is 18.0 Å². The molecule has 0 aromatic heterocycles. The van der Waals surface area contributed by atoms with Crippen LogP contribution in [-0.4, -0.2) is 57.3 Å². The Hall–Kier alpha value is -1.58. The highest BCUT2D eigenvalue weighted by atomic mass is 32.2. The van der Waals surface area contributed by atoms with Gasteiger partial charge in [-0.25, -0.2) is 12.7 Å². The number of sulfonamides is 1. The SMILES string of the molecule is COC(=O)CCSCC(=O)Nc1cccc(S(=O)(=O)N(C)C)c1. The Kier molecular flexibility index (Phi) is 7.53. The Bertz CT molecular complexity index is 659. The van der Waals surface area contributed by atoms with Gasteiger partial charge in [0.25, 0.3) is 0 Å². The molecule has 0 aliphatic rings. The highest BCUT2D eigenvalue weighted by molar-refractivity contribution is 7.99. The minimum atomic E-state index is -3.54. The van der Waals surface area contributed by atoms with Gasteiger partial charge in [-0.15, -0.1) is 0 Å². The summed E-state index contributed by atoms with van der Waals surface area (Å²) in [5.74, 6) is 0.0651. The van der Waals surface area contributed by atoms with Gasteiger partial charge in [0.15, 0.2) is 0 Å². The minimum absolute atomic E-state index is 0.110. The zero-order chi connectivity index (χ0) is 17.5. The van der Waals surface area contributed by atoms with Crippen molar-refractivity contribution in [3.63, 3.8) is 0 Å². The standard InChI is InChI=1S/C14H20N2O5S2/c1-16(2)23(19,20)12-6-4-5-11(9-12)15-13(17)10-22-8-7-14(18)21-3/h4-6,9H,7-8,10H2,1-3H3,(H,15,17). The molecule has 0 aliphatic carbocycles. The molecule has 0 saturated heterocycles. The Labute approximate surface area is 140 Å². The average Bonchev–Trinajstić information content (AvgIpc) is 2.51. The van der Waals surface area contributed by atoms with Crippen LogP contribution in [0.1, 0.15) is 6.42 Å². The van der Waals surface area contributed by atoms with Gasteiger partial charge in [0.05, 0.1) is 24.2 Å². The molecule has 0 aliphatic heterocycles. The molecule has 0 bridgehead atoms. The van der Waals surface area contributed by atoms with Crippen molar-refractivity contribution in [2.45, 2.75) is 11.3 Å². The van der Waals surface area contributed by atoms with E-state index in [4.69, 9.17) is 0 Å². The fourth-order valence-electron chi connectivity index (χ4n) is 1.56. The van der Waals surface area contributed by atoms with Crippen LogP contribution in [0.5, 0.6) is 0 Å². The fourth-order valence-corrected chi connectivity index (χ4v) is 3.23. The predicted octanol–water partition coefficient (Wildman–Crippen LogP) is 1.17. The van der Waals surface area contributed by atoms with Crippen LogP contribution in [0.4, 0.5) is 5.69 Å². The summed E-state index contributed by atoms with van der Waals surface area (Å²) in [5.41, 5.74) is 0.409. The fraction of sp³-hybridized carbons (Fsp3) is 0.429. The summed E-state index contributed by atoms with van der Waals surface area (Å²) < 4.78 is 29.7. The number of carbonyl (C=O) groups is 2. The van der Waals surface area contributed by atoms with Gasteiger partial charge >= 0.3 is 5.97 Å². The third-order valence-corrected chi connectivity index (χ3v) is 5.58. The number of anilines is 1. The van der Waals surface area contributed by atoms with E-state index >= 15 is 0 Å². The maximum atomic E-state index is 12.0. The summed E-state index contributed by atoms with van der Waals surface area (Å²) in [5, 5.41) is 2.64. The Morgan fingerprint density at radius 2 is 2.00 bits per heavy atom. The topological polar surface area (TPSA) is 92.8 Å². The van der Waals surface area contributed by atoms with Gasteiger partial charge in [0.1, 0.15) is 0 Å². The Morgan fingerprint density at radius 3 is 2.61 bits per heavy atom. The van der Waals surface area contributed by atoms with Gasteiger partial charge in [0.2, 0.25) is 15.9 Å². The summed E-state index contributed by atoms with van der Waals surface area (Å²) in [6.45, 7) is 0. The number of rotatable bonds is 8. The van der Waals surface area contributed by atoms with Crippen molar-refractivity contribution in [2.75, 3.05) is 38.0 Å². The van der Waals surface area contributed by atoms with Crippen LogP contribution in [-0.2, 0) is 24.3 Å². The van der Waals surface area contributed by atoms with Crippen LogP contribution in [0.3, 0.4) is 0 Å². The molecule has 0 unspecified atom stereocenters. The second-order valence-electron chi connectivity index (χ2n) is 4.74. The molecule has 1 rings (SSSR count). The molecular weight excluding hydrogens is 340 g/mol. The maximum absolute atomic E-state index is 12.0. The molecule has 1 amide bonds. The molecule has 128 valence electrons. The molecule has 1 aromatic carbocycles. The molecule has 0 spiro atoms. The van der Waals surface area contributed by atoms with Crippen LogP contribution in [0.15, 0.2) is 29.2 Å². The van der Waals surface area contributed by atoms with Gasteiger partial charge in [-0.3, -0.25) is 9.59 Å². The van der Waals surface area contributed by atoms with Crippen LogP contribution >= 0.6 is 11.8 Å². The van der Waals surface area contributed by atoms with Gasteiger partial charge in [-0.1, -0.05) is 6.07 Å². The van der Waals surface area contributed by atoms with E-state index in [0.29, 0.717) is 11.4 Å². The molecule has 9 heteroatoms. The average molecular weight is 360 g/mol. The van der Waals surface area contributed by atoms with E-state index in [0.717, 1.165) is 4.31 Å². The number of nitrogens with zero attached hydrogens (tertiary/aromatic N) is 1. The molecular formula is C14H20N2O5S2. The molecule has 0 fully saturated rings. The van der Waals surface area contributed by atoms with Crippen LogP contribution in [0.25, 0.3) is 0 Å². The molecule has 0 saturated carbocycles. The first-order valence-corrected chi connectivity index (χ1v) is 9.34. The van der Waals surface area contributed by atoms with Crippen molar-refractivity contribution >= 4 is 39.3 Å². The first-order chi connectivity index (χ1) is 10.8. The lowest BCUT2D eigenvalue weighted by Gasteiger charge is -2.12. The number of hydrogen-bond acceptors (Lipinski definition) is 6. The largest absolute Gasteiger partial charge is 0.469 e. The summed E-state index contributed by atoms with van der Waals surface area (Å²) >= 11 is 1.30. The summed E-state index contributed by atoms with van der Waals surface area (Å²) in [4.78, 5) is 22.9. The molecule has 1 N–H and O–H groups in total. The normalized spacial score (nSPS) is 11.3. The van der Waals surface area contributed by atoms with E-state index in [1.807, 2.05) is 0 Å². The van der Waals surface area contributed by atoms with Gasteiger partial charge < -0.3 is 10.1 Å². The molecule has 0 heterocycles. The number of thioether (sulfide) groups is 1. The monoisotopic (exact) mass is 360 g/mol. The van der Waals surface area contributed by atoms with Crippen molar-refractivity contribution < 1.29 is 22.7 Å². The lowest BCUT2D eigenvalue weighted by atomic mass is 10.3.